The summed E-state index contributed by atoms with van der Waals surface area (Å²) in [6, 6.07) is 12.5. The zero-order valence-corrected chi connectivity index (χ0v) is 22.4. The molecule has 2 atom stereocenters. The number of carbonyl (C=O) groups excluding carboxylic acids is 4. The van der Waals surface area contributed by atoms with E-state index in [1.807, 2.05) is 6.07 Å². The Morgan fingerprint density at radius 1 is 0.895 bits per heavy atom. The maximum Gasteiger partial charge on any atom is 0.262 e. The molecular formula is C27H30N3O7S-3. The molecule has 2 aromatic rings. The minimum absolute atomic E-state index is 0.146. The summed E-state index contributed by atoms with van der Waals surface area (Å²) in [4.78, 5) is 48.6. The van der Waals surface area contributed by atoms with Gasteiger partial charge in [0, 0.05) is 24.3 Å². The first kappa shape index (κ1) is 28.9. The molecule has 3 rings (SSSR count). The maximum absolute atomic E-state index is 13.0. The second-order valence-corrected chi connectivity index (χ2v) is 11.8. The van der Waals surface area contributed by atoms with Crippen molar-refractivity contribution in [3.05, 3.63) is 77.4 Å². The molecule has 2 unspecified atom stereocenters. The largest absolute Gasteiger partial charge is 0.779 e. The van der Waals surface area contributed by atoms with Crippen LogP contribution in [0.15, 0.2) is 60.7 Å². The molecule has 2 aromatic carbocycles. The van der Waals surface area contributed by atoms with Crippen molar-refractivity contribution in [3.63, 3.8) is 0 Å². The van der Waals surface area contributed by atoms with Crippen LogP contribution in [0, 0.1) is 0 Å². The number of carboxylic acids is 1. The lowest BCUT2D eigenvalue weighted by Crippen LogP contribution is -2.55. The fraction of sp³-hybridized carbons (Fsp3) is 0.333. The van der Waals surface area contributed by atoms with Gasteiger partial charge in [-0.05, 0) is 43.9 Å². The lowest BCUT2D eigenvalue weighted by Gasteiger charge is -2.67. The molecule has 0 radical (unpaired) electrons. The summed E-state index contributed by atoms with van der Waals surface area (Å²) in [5.74, 6) is -3.28. The Bertz CT molecular complexity index is 1240. The van der Waals surface area contributed by atoms with Gasteiger partial charge in [0.05, 0.1) is 17.6 Å². The number of hydrogen-bond donors (Lipinski definition) is 2. The molecule has 0 saturated carbocycles. The Labute approximate surface area is 223 Å². The number of aliphatic carboxylic acids is 1. The van der Waals surface area contributed by atoms with E-state index in [2.05, 4.69) is 10.6 Å². The van der Waals surface area contributed by atoms with E-state index in [9.17, 15) is 33.4 Å². The SMILES string of the molecule is CC(=O)NC(Cc1ccccc1)C(=O)NC(Cc1ccc(C2=CC(=O)N(C(C)(C)C)S2([O-])[O-])cc1)C(=O)[O-]. The van der Waals surface area contributed by atoms with E-state index in [0.29, 0.717) is 5.56 Å². The third-order valence-corrected chi connectivity index (χ3v) is 7.96. The minimum Gasteiger partial charge on any atom is -0.779 e. The molecule has 0 saturated heterocycles. The molecule has 2 N–H and O–H groups in total. The number of carboxylic acid groups (broad SMARTS) is 1. The number of sulfonamides is 1. The molecule has 38 heavy (non-hydrogen) atoms. The van der Waals surface area contributed by atoms with Gasteiger partial charge in [0.15, 0.2) is 0 Å². The van der Waals surface area contributed by atoms with Gasteiger partial charge in [-0.3, -0.25) is 18.7 Å². The number of hydrogen-bond acceptors (Lipinski definition) is 7. The fourth-order valence-corrected chi connectivity index (χ4v) is 6.09. The highest BCUT2D eigenvalue weighted by atomic mass is 32.3. The Morgan fingerprint density at radius 3 is 1.95 bits per heavy atom. The maximum atomic E-state index is 13.0. The standard InChI is InChI=1S/C27H33N3O7S/c1-17(31)28-21(14-18-8-6-5-7-9-18)25(33)29-22(26(34)35)15-19-10-12-20(13-11-19)23-16-24(32)30(27(2,3)4)38(23,36)37/h5-13,16,21-22,36-37H,14-15H2,1-4H3,(H,28,31)(H,29,33)(H,34,35)/p-3. The summed E-state index contributed by atoms with van der Waals surface area (Å²) in [5, 5.41) is 16.8. The van der Waals surface area contributed by atoms with Crippen molar-refractivity contribution in [2.45, 2.75) is 58.2 Å². The van der Waals surface area contributed by atoms with E-state index in [4.69, 9.17) is 0 Å². The third kappa shape index (κ3) is 6.80. The van der Waals surface area contributed by atoms with Gasteiger partial charge in [-0.1, -0.05) is 54.6 Å². The van der Waals surface area contributed by atoms with E-state index in [0.717, 1.165) is 15.9 Å². The molecule has 0 bridgehead atoms. The second-order valence-electron chi connectivity index (χ2n) is 10.0. The van der Waals surface area contributed by atoms with E-state index in [1.54, 1.807) is 45.0 Å². The molecule has 1 aliphatic heterocycles. The van der Waals surface area contributed by atoms with E-state index < -0.39 is 52.1 Å². The topological polar surface area (TPSA) is 165 Å². The zero-order valence-electron chi connectivity index (χ0n) is 21.6. The van der Waals surface area contributed by atoms with Crippen LogP contribution in [-0.4, -0.2) is 54.7 Å². The number of nitrogens with zero attached hydrogens (tertiary/aromatic N) is 1. The Hall–Kier alpha value is -3.67. The van der Waals surface area contributed by atoms with Gasteiger partial charge in [0.25, 0.3) is 5.91 Å². The van der Waals surface area contributed by atoms with Crippen molar-refractivity contribution in [3.8, 4) is 0 Å². The Kier molecular flexibility index (Phi) is 8.65. The van der Waals surface area contributed by atoms with E-state index in [1.165, 1.54) is 31.2 Å². The van der Waals surface area contributed by atoms with Crippen LogP contribution < -0.4 is 15.7 Å². The Balaban J connectivity index is 1.74. The van der Waals surface area contributed by atoms with Gasteiger partial charge in [-0.2, -0.15) is 0 Å². The van der Waals surface area contributed by atoms with Crippen molar-refractivity contribution in [1.29, 1.82) is 0 Å². The second kappa shape index (κ2) is 11.4. The molecule has 204 valence electrons. The predicted molar refractivity (Wildman–Crippen MR) is 139 cm³/mol. The van der Waals surface area contributed by atoms with Crippen molar-refractivity contribution in [2.24, 2.45) is 0 Å². The summed E-state index contributed by atoms with van der Waals surface area (Å²) >= 11 is 0. The average Bonchev–Trinajstić information content (AvgIpc) is 3.07. The quantitative estimate of drug-likeness (QED) is 0.482. The first-order valence-electron chi connectivity index (χ1n) is 11.9. The van der Waals surface area contributed by atoms with Crippen LogP contribution in [0.5, 0.6) is 0 Å². The van der Waals surface area contributed by atoms with Crippen LogP contribution in [0.4, 0.5) is 0 Å². The van der Waals surface area contributed by atoms with Gasteiger partial charge < -0.3 is 40.4 Å². The molecule has 10 nitrogen and oxygen atoms in total. The summed E-state index contributed by atoms with van der Waals surface area (Å²) in [7, 11) is -4.05. The monoisotopic (exact) mass is 540 g/mol. The van der Waals surface area contributed by atoms with Crippen LogP contribution in [0.1, 0.15) is 44.4 Å². The average molecular weight is 541 g/mol. The molecule has 0 aliphatic carbocycles. The smallest absolute Gasteiger partial charge is 0.262 e. The normalized spacial score (nSPS) is 17.3. The van der Waals surface area contributed by atoms with Gasteiger partial charge in [0.1, 0.15) is 6.04 Å². The Morgan fingerprint density at radius 2 is 1.45 bits per heavy atom. The van der Waals surface area contributed by atoms with Crippen molar-refractivity contribution < 1.29 is 33.4 Å². The first-order chi connectivity index (χ1) is 17.7. The number of carbonyl (C=O) groups is 4. The molecule has 1 aliphatic rings. The van der Waals surface area contributed by atoms with Crippen LogP contribution in [0.3, 0.4) is 0 Å². The molecular weight excluding hydrogens is 510 g/mol. The summed E-state index contributed by atoms with van der Waals surface area (Å²) < 4.78 is 26.8. The number of benzene rings is 2. The number of amides is 3. The lowest BCUT2D eigenvalue weighted by atomic mass is 10.0. The van der Waals surface area contributed by atoms with E-state index >= 15 is 0 Å². The zero-order chi connectivity index (χ0) is 28.3. The molecule has 0 aromatic heterocycles. The van der Waals surface area contributed by atoms with Gasteiger partial charge in [-0.15, -0.1) is 0 Å². The van der Waals surface area contributed by atoms with Crippen LogP contribution in [0.2, 0.25) is 0 Å². The van der Waals surface area contributed by atoms with Crippen molar-refractivity contribution >= 4 is 39.4 Å². The van der Waals surface area contributed by atoms with Crippen molar-refractivity contribution in [1.82, 2.24) is 14.9 Å². The van der Waals surface area contributed by atoms with Gasteiger partial charge >= 0.3 is 0 Å². The van der Waals surface area contributed by atoms with Crippen LogP contribution in [0.25, 0.3) is 4.91 Å². The number of rotatable bonds is 9. The highest BCUT2D eigenvalue weighted by Crippen LogP contribution is 2.61. The van der Waals surface area contributed by atoms with Gasteiger partial charge in [-0.25, -0.2) is 0 Å². The summed E-state index contributed by atoms with van der Waals surface area (Å²) in [5.41, 5.74) is 0.597. The minimum atomic E-state index is -4.05. The fourth-order valence-electron chi connectivity index (χ4n) is 4.20. The molecule has 0 fully saturated rings. The predicted octanol–water partition coefficient (Wildman–Crippen LogP) is 1.17. The van der Waals surface area contributed by atoms with Gasteiger partial charge in [0.2, 0.25) is 11.8 Å². The first-order valence-corrected chi connectivity index (χ1v) is 13.4. The highest BCUT2D eigenvalue weighted by Gasteiger charge is 2.35. The molecule has 0 spiro atoms. The van der Waals surface area contributed by atoms with Crippen molar-refractivity contribution in [2.75, 3.05) is 0 Å². The molecule has 11 heteroatoms. The molecule has 1 heterocycles. The van der Waals surface area contributed by atoms with Crippen LogP contribution in [-0.2, 0) is 32.0 Å². The highest BCUT2D eigenvalue weighted by molar-refractivity contribution is 8.30. The van der Waals surface area contributed by atoms with E-state index in [-0.39, 0.29) is 23.3 Å². The van der Waals surface area contributed by atoms with Crippen LogP contribution >= 0.6 is 10.8 Å². The summed E-state index contributed by atoms with van der Waals surface area (Å²) in [6.07, 6.45) is 1.08. The summed E-state index contributed by atoms with van der Waals surface area (Å²) in [6.45, 7) is 6.12. The number of nitrogens with one attached hydrogen (secondary N) is 2. The molecule has 3 amide bonds. The third-order valence-electron chi connectivity index (χ3n) is 5.84. The lowest BCUT2D eigenvalue weighted by molar-refractivity contribution is -0.308.